The third kappa shape index (κ3) is 5.67. The van der Waals surface area contributed by atoms with Gasteiger partial charge < -0.3 is 15.5 Å². The van der Waals surface area contributed by atoms with Crippen molar-refractivity contribution in [3.05, 3.63) is 65.7 Å². The molecule has 6 heteroatoms. The summed E-state index contributed by atoms with van der Waals surface area (Å²) in [4.78, 5) is 39.1. The summed E-state index contributed by atoms with van der Waals surface area (Å²) in [6.07, 6.45) is 1.80. The van der Waals surface area contributed by atoms with Gasteiger partial charge in [-0.25, -0.2) is 0 Å². The van der Waals surface area contributed by atoms with Crippen LogP contribution in [0.1, 0.15) is 35.2 Å². The lowest BCUT2D eigenvalue weighted by Crippen LogP contribution is -2.44. The zero-order chi connectivity index (χ0) is 20.6. The number of nitrogens with one attached hydrogen (secondary N) is 2. The van der Waals surface area contributed by atoms with Crippen LogP contribution in [0.4, 0.5) is 5.69 Å². The third-order valence-corrected chi connectivity index (χ3v) is 5.20. The van der Waals surface area contributed by atoms with Gasteiger partial charge in [0.2, 0.25) is 11.8 Å². The predicted molar refractivity (Wildman–Crippen MR) is 113 cm³/mol. The fourth-order valence-electron chi connectivity index (χ4n) is 3.55. The molecule has 6 nitrogen and oxygen atoms in total. The van der Waals surface area contributed by atoms with Crippen molar-refractivity contribution in [2.24, 2.45) is 5.92 Å². The van der Waals surface area contributed by atoms with Crippen LogP contribution in [-0.4, -0.2) is 42.3 Å². The minimum absolute atomic E-state index is 0.0349. The minimum atomic E-state index is -0.213. The molecular formula is C23H27N3O3. The first-order chi connectivity index (χ1) is 14.0. The van der Waals surface area contributed by atoms with Crippen molar-refractivity contribution in [2.45, 2.75) is 26.2 Å². The molecule has 152 valence electrons. The van der Waals surface area contributed by atoms with E-state index in [-0.39, 0.29) is 36.6 Å². The van der Waals surface area contributed by atoms with E-state index in [1.165, 1.54) is 0 Å². The molecule has 1 saturated heterocycles. The van der Waals surface area contributed by atoms with Crippen LogP contribution >= 0.6 is 0 Å². The van der Waals surface area contributed by atoms with E-state index < -0.39 is 0 Å². The smallest absolute Gasteiger partial charge is 0.251 e. The van der Waals surface area contributed by atoms with Gasteiger partial charge >= 0.3 is 0 Å². The summed E-state index contributed by atoms with van der Waals surface area (Å²) in [5.41, 5.74) is 2.29. The molecule has 0 bridgehead atoms. The monoisotopic (exact) mass is 393 g/mol. The van der Waals surface area contributed by atoms with Gasteiger partial charge in [0.15, 0.2) is 0 Å². The number of rotatable bonds is 6. The molecule has 0 aliphatic carbocycles. The number of likely N-dealkylation sites (tertiary alicyclic amines) is 1. The molecule has 0 aromatic heterocycles. The van der Waals surface area contributed by atoms with Gasteiger partial charge in [0, 0.05) is 37.3 Å². The SMILES string of the molecule is Cc1ccccc1C(=O)NCCC(=O)N1CCCC(C(=O)Nc2ccccc2)C1. The molecule has 29 heavy (non-hydrogen) atoms. The Morgan fingerprint density at radius 2 is 1.76 bits per heavy atom. The first-order valence-electron chi connectivity index (χ1n) is 10.0. The molecule has 2 N–H and O–H groups in total. The normalized spacial score (nSPS) is 16.2. The van der Waals surface area contributed by atoms with Gasteiger partial charge in [-0.15, -0.1) is 0 Å². The minimum Gasteiger partial charge on any atom is -0.352 e. The molecule has 1 unspecified atom stereocenters. The number of anilines is 1. The maximum Gasteiger partial charge on any atom is 0.251 e. The van der Waals surface area contributed by atoms with Crippen LogP contribution in [0.25, 0.3) is 0 Å². The fourth-order valence-corrected chi connectivity index (χ4v) is 3.55. The van der Waals surface area contributed by atoms with Gasteiger partial charge in [-0.2, -0.15) is 0 Å². The Morgan fingerprint density at radius 3 is 2.52 bits per heavy atom. The van der Waals surface area contributed by atoms with E-state index >= 15 is 0 Å². The Balaban J connectivity index is 1.46. The first kappa shape index (κ1) is 20.6. The third-order valence-electron chi connectivity index (χ3n) is 5.20. The van der Waals surface area contributed by atoms with E-state index in [0.717, 1.165) is 24.1 Å². The Hall–Kier alpha value is -3.15. The number of amides is 3. The summed E-state index contributed by atoms with van der Waals surface area (Å²) in [5, 5.41) is 5.73. The second-order valence-corrected chi connectivity index (χ2v) is 7.36. The number of nitrogens with zero attached hydrogens (tertiary/aromatic N) is 1. The fraction of sp³-hybridized carbons (Fsp3) is 0.348. The molecule has 0 saturated carbocycles. The number of para-hydroxylation sites is 1. The summed E-state index contributed by atoms with van der Waals surface area (Å²) >= 11 is 0. The van der Waals surface area contributed by atoms with Gasteiger partial charge in [0.25, 0.3) is 5.91 Å². The lowest BCUT2D eigenvalue weighted by Gasteiger charge is -2.32. The van der Waals surface area contributed by atoms with Crippen molar-refractivity contribution in [2.75, 3.05) is 25.0 Å². The highest BCUT2D eigenvalue weighted by atomic mass is 16.2. The molecule has 1 aliphatic rings. The number of piperidine rings is 1. The van der Waals surface area contributed by atoms with E-state index in [1.54, 1.807) is 11.0 Å². The highest BCUT2D eigenvalue weighted by molar-refractivity contribution is 5.96. The second-order valence-electron chi connectivity index (χ2n) is 7.36. The summed E-state index contributed by atoms with van der Waals surface area (Å²) in [7, 11) is 0. The Labute approximate surface area is 171 Å². The largest absolute Gasteiger partial charge is 0.352 e. The standard InChI is InChI=1S/C23H27N3O3/c1-17-8-5-6-12-20(17)23(29)24-14-13-21(27)26-15-7-9-18(16-26)22(28)25-19-10-3-2-4-11-19/h2-6,8,10-12,18H,7,9,13-16H2,1H3,(H,24,29)(H,25,28). The van der Waals surface area contributed by atoms with Gasteiger partial charge in [-0.05, 0) is 43.5 Å². The average Bonchev–Trinajstić information content (AvgIpc) is 2.74. The molecule has 2 aromatic carbocycles. The van der Waals surface area contributed by atoms with Gasteiger partial charge in [0.05, 0.1) is 5.92 Å². The van der Waals surface area contributed by atoms with E-state index in [9.17, 15) is 14.4 Å². The number of aryl methyl sites for hydroxylation is 1. The Bertz CT molecular complexity index is 867. The molecule has 2 aromatic rings. The van der Waals surface area contributed by atoms with Gasteiger partial charge in [-0.3, -0.25) is 14.4 Å². The number of carbonyl (C=O) groups is 3. The zero-order valence-electron chi connectivity index (χ0n) is 16.7. The maximum absolute atomic E-state index is 12.6. The van der Waals surface area contributed by atoms with E-state index in [2.05, 4.69) is 10.6 Å². The summed E-state index contributed by atoms with van der Waals surface area (Å²) in [6, 6.07) is 16.7. The van der Waals surface area contributed by atoms with Crippen LogP contribution in [0.15, 0.2) is 54.6 Å². The Morgan fingerprint density at radius 1 is 1.03 bits per heavy atom. The predicted octanol–water partition coefficient (Wildman–Crippen LogP) is 2.99. The quantitative estimate of drug-likeness (QED) is 0.792. The van der Waals surface area contributed by atoms with Gasteiger partial charge in [0.1, 0.15) is 0 Å². The number of hydrogen-bond donors (Lipinski definition) is 2. The number of hydrogen-bond acceptors (Lipinski definition) is 3. The van der Waals surface area contributed by atoms with E-state index in [1.807, 2.05) is 55.5 Å². The second kappa shape index (κ2) is 9.87. The van der Waals surface area contributed by atoms with E-state index in [0.29, 0.717) is 18.7 Å². The van der Waals surface area contributed by atoms with Crippen LogP contribution < -0.4 is 10.6 Å². The highest BCUT2D eigenvalue weighted by Crippen LogP contribution is 2.19. The molecule has 0 spiro atoms. The van der Waals surface area contributed by atoms with Crippen molar-refractivity contribution >= 4 is 23.4 Å². The molecule has 3 rings (SSSR count). The molecule has 1 aliphatic heterocycles. The number of carbonyl (C=O) groups excluding carboxylic acids is 3. The van der Waals surface area contributed by atoms with Crippen LogP contribution in [0.3, 0.4) is 0 Å². The Kier molecular flexibility index (Phi) is 7.00. The molecule has 3 amide bonds. The summed E-state index contributed by atoms with van der Waals surface area (Å²) < 4.78 is 0. The van der Waals surface area contributed by atoms with Crippen LogP contribution in [0, 0.1) is 12.8 Å². The molecule has 1 heterocycles. The van der Waals surface area contributed by atoms with Crippen molar-refractivity contribution < 1.29 is 14.4 Å². The van der Waals surface area contributed by atoms with Crippen molar-refractivity contribution in [1.29, 1.82) is 0 Å². The highest BCUT2D eigenvalue weighted by Gasteiger charge is 2.28. The average molecular weight is 393 g/mol. The lowest BCUT2D eigenvalue weighted by molar-refractivity contribution is -0.134. The van der Waals surface area contributed by atoms with E-state index in [4.69, 9.17) is 0 Å². The molecule has 0 radical (unpaired) electrons. The summed E-state index contributed by atoms with van der Waals surface area (Å²) in [5.74, 6) is -0.474. The van der Waals surface area contributed by atoms with Crippen molar-refractivity contribution in [3.63, 3.8) is 0 Å². The molecular weight excluding hydrogens is 366 g/mol. The van der Waals surface area contributed by atoms with Crippen molar-refractivity contribution in [3.8, 4) is 0 Å². The van der Waals surface area contributed by atoms with Crippen LogP contribution in [0.2, 0.25) is 0 Å². The van der Waals surface area contributed by atoms with Crippen LogP contribution in [-0.2, 0) is 9.59 Å². The lowest BCUT2D eigenvalue weighted by atomic mass is 9.96. The van der Waals surface area contributed by atoms with Gasteiger partial charge in [-0.1, -0.05) is 36.4 Å². The maximum atomic E-state index is 12.6. The first-order valence-corrected chi connectivity index (χ1v) is 10.0. The zero-order valence-corrected chi connectivity index (χ0v) is 16.7. The summed E-state index contributed by atoms with van der Waals surface area (Å²) in [6.45, 7) is 3.24. The molecule has 1 atom stereocenters. The topological polar surface area (TPSA) is 78.5 Å². The molecule has 1 fully saturated rings. The van der Waals surface area contributed by atoms with Crippen LogP contribution in [0.5, 0.6) is 0 Å². The van der Waals surface area contributed by atoms with Crippen molar-refractivity contribution in [1.82, 2.24) is 10.2 Å². The number of benzene rings is 2.